The van der Waals surface area contributed by atoms with Gasteiger partial charge < -0.3 is 34.0 Å². The summed E-state index contributed by atoms with van der Waals surface area (Å²) in [6.45, 7) is 9.96. The molecule has 0 aliphatic heterocycles. The average molecular weight is 609 g/mol. The summed E-state index contributed by atoms with van der Waals surface area (Å²) in [7, 11) is 0. The molecule has 1 unspecified atom stereocenters. The van der Waals surface area contributed by atoms with Crippen molar-refractivity contribution in [3.63, 3.8) is 0 Å². The molecule has 0 aliphatic rings. The summed E-state index contributed by atoms with van der Waals surface area (Å²) >= 11 is 0. The third-order valence-corrected chi connectivity index (χ3v) is 6.91. The van der Waals surface area contributed by atoms with Crippen LogP contribution in [0, 0.1) is 6.92 Å². The van der Waals surface area contributed by atoms with Crippen molar-refractivity contribution in [1.82, 2.24) is 5.32 Å². The van der Waals surface area contributed by atoms with Crippen LogP contribution in [-0.2, 0) is 6.54 Å². The van der Waals surface area contributed by atoms with Gasteiger partial charge in [-0.25, -0.2) is 0 Å². The molecule has 0 saturated heterocycles. The maximum absolute atomic E-state index is 12.8. The van der Waals surface area contributed by atoms with Crippen LogP contribution >= 0.6 is 0 Å². The molecule has 0 radical (unpaired) electrons. The second kappa shape index (κ2) is 19.5. The Morgan fingerprint density at radius 1 is 0.861 bits per heavy atom. The van der Waals surface area contributed by atoms with Crippen LogP contribution in [-0.4, -0.2) is 12.5 Å². The van der Waals surface area contributed by atoms with Gasteiger partial charge in [-0.2, -0.15) is 4.57 Å². The topological polar surface area (TPSA) is 42.2 Å². The fourth-order valence-corrected chi connectivity index (χ4v) is 4.69. The van der Waals surface area contributed by atoms with Gasteiger partial charge in [-0.1, -0.05) is 89.7 Å². The van der Waals surface area contributed by atoms with E-state index in [1.807, 2.05) is 54.9 Å². The average Bonchev–Trinajstić information content (AvgIpc) is 2.87. The molecule has 1 N–H and O–H groups in total. The van der Waals surface area contributed by atoms with Crippen molar-refractivity contribution < 1.29 is 38.1 Å². The molecule has 2 rings (SSSR count). The van der Waals surface area contributed by atoms with Gasteiger partial charge in [-0.15, -0.1) is 0 Å². The van der Waals surface area contributed by atoms with Crippen LogP contribution in [0.5, 0.6) is 5.75 Å². The zero-order valence-electron chi connectivity index (χ0n) is 23.2. The van der Waals surface area contributed by atoms with Crippen LogP contribution < -0.4 is 38.6 Å². The number of pyridine rings is 1. The largest absolute Gasteiger partial charge is 1.00 e. The van der Waals surface area contributed by atoms with Crippen LogP contribution in [0.25, 0.3) is 0 Å². The molecule has 4 nitrogen and oxygen atoms in total. The van der Waals surface area contributed by atoms with E-state index in [9.17, 15) is 4.79 Å². The third kappa shape index (κ3) is 11.6. The van der Waals surface area contributed by atoms with Crippen molar-refractivity contribution in [2.75, 3.05) is 6.61 Å². The quantitative estimate of drug-likeness (QED) is 0.149. The molecule has 1 aromatic carbocycles. The summed E-state index contributed by atoms with van der Waals surface area (Å²) in [6, 6.07) is 11.8. The minimum absolute atomic E-state index is 0. The van der Waals surface area contributed by atoms with Crippen molar-refractivity contribution in [2.24, 2.45) is 0 Å². The lowest BCUT2D eigenvalue weighted by Gasteiger charge is -2.18. The number of aromatic nitrogens is 1. The molecule has 1 amide bonds. The zero-order valence-corrected chi connectivity index (χ0v) is 25.3. The van der Waals surface area contributed by atoms with Gasteiger partial charge in [0, 0.05) is 12.1 Å². The summed E-state index contributed by atoms with van der Waals surface area (Å²) in [5.41, 5.74) is 2.89. The smallest absolute Gasteiger partial charge is 0.316 e. The lowest BCUT2D eigenvalue weighted by Crippen LogP contribution is -3.00. The van der Waals surface area contributed by atoms with Crippen molar-refractivity contribution in [3.05, 3.63) is 59.4 Å². The lowest BCUT2D eigenvalue weighted by atomic mass is 10.0. The number of hydrogen-bond acceptors (Lipinski definition) is 2. The summed E-state index contributed by atoms with van der Waals surface area (Å²) < 4.78 is 8.09. The number of amides is 1. The van der Waals surface area contributed by atoms with Gasteiger partial charge in [0.1, 0.15) is 12.3 Å². The Morgan fingerprint density at radius 2 is 1.47 bits per heavy atom. The van der Waals surface area contributed by atoms with Crippen LogP contribution in [0.3, 0.4) is 0 Å². The van der Waals surface area contributed by atoms with Crippen molar-refractivity contribution in [2.45, 2.75) is 117 Å². The molecule has 0 spiro atoms. The van der Waals surface area contributed by atoms with E-state index in [-0.39, 0.29) is 35.9 Å². The molecule has 2 aromatic rings. The monoisotopic (exact) mass is 608 g/mol. The molecular weight excluding hydrogens is 559 g/mol. The van der Waals surface area contributed by atoms with Crippen molar-refractivity contribution >= 4 is 5.91 Å². The number of benzene rings is 1. The molecule has 0 aliphatic carbocycles. The lowest BCUT2D eigenvalue weighted by molar-refractivity contribution is -0.695. The summed E-state index contributed by atoms with van der Waals surface area (Å²) in [5, 5.41) is 3.16. The Kier molecular flexibility index (Phi) is 17.5. The number of rotatable bonds is 18. The number of unbranched alkanes of at least 4 members (excludes halogenated alkanes) is 11. The fourth-order valence-electron chi connectivity index (χ4n) is 4.69. The number of aryl methyl sites for hydroxylation is 1. The third-order valence-electron chi connectivity index (χ3n) is 6.91. The van der Waals surface area contributed by atoms with Crippen molar-refractivity contribution in [3.8, 4) is 5.75 Å². The highest BCUT2D eigenvalue weighted by Gasteiger charge is 2.21. The molecule has 0 saturated carbocycles. The predicted molar refractivity (Wildman–Crippen MR) is 146 cm³/mol. The minimum Gasteiger partial charge on any atom is -1.00 e. The van der Waals surface area contributed by atoms with Gasteiger partial charge in [0.2, 0.25) is 0 Å². The number of nitrogens with zero attached hydrogens (tertiary/aromatic N) is 1. The molecule has 0 bridgehead atoms. The van der Waals surface area contributed by atoms with Gasteiger partial charge in [0.05, 0.1) is 12.6 Å². The van der Waals surface area contributed by atoms with Gasteiger partial charge >= 0.3 is 5.91 Å². The van der Waals surface area contributed by atoms with E-state index in [4.69, 9.17) is 4.74 Å². The van der Waals surface area contributed by atoms with Gasteiger partial charge in [0.25, 0.3) is 5.69 Å². The molecule has 1 heterocycles. The molecular formula is C31H49IN2O2. The number of carbonyl (C=O) groups excluding carboxylic acids is 1. The molecule has 0 fully saturated rings. The Labute approximate surface area is 237 Å². The maximum atomic E-state index is 12.8. The van der Waals surface area contributed by atoms with Crippen LogP contribution in [0.1, 0.15) is 125 Å². The zero-order chi connectivity index (χ0) is 25.3. The Morgan fingerprint density at radius 3 is 2.08 bits per heavy atom. The van der Waals surface area contributed by atoms with E-state index >= 15 is 0 Å². The first kappa shape index (κ1) is 32.4. The highest BCUT2D eigenvalue weighted by molar-refractivity contribution is 5.91. The van der Waals surface area contributed by atoms with Crippen LogP contribution in [0.15, 0.2) is 42.6 Å². The maximum Gasteiger partial charge on any atom is 0.316 e. The first-order chi connectivity index (χ1) is 17.1. The first-order valence-electron chi connectivity index (χ1n) is 14.1. The number of hydrogen-bond donors (Lipinski definition) is 1. The Balaban J connectivity index is 0.00000648. The van der Waals surface area contributed by atoms with Gasteiger partial charge in [0.15, 0.2) is 6.20 Å². The standard InChI is InChI=1S/C31H48N2O2.HI/c1-5-7-8-9-10-11-12-13-14-15-16-19-25-35-30-23-20-21-28(26(30)3)27(4)32-31(34)29-22-17-18-24-33(29)6-2;/h17-18,20-24,27H,5-16,19,25H2,1-4H3;1H. The number of halogens is 1. The van der Waals surface area contributed by atoms with Gasteiger partial charge in [-0.05, 0) is 50.5 Å². The SMILES string of the molecule is CCCCCCCCCCCCCCOc1cccc(C(C)NC(=O)c2cccc[n+]2CC)c1C.[I-]. The minimum atomic E-state index is -0.0943. The second-order valence-corrected chi connectivity index (χ2v) is 9.77. The highest BCUT2D eigenvalue weighted by atomic mass is 127. The van der Waals surface area contributed by atoms with E-state index in [2.05, 4.69) is 25.2 Å². The van der Waals surface area contributed by atoms with Crippen LogP contribution in [0.4, 0.5) is 0 Å². The van der Waals surface area contributed by atoms with E-state index in [1.165, 1.54) is 70.6 Å². The Bertz CT molecular complexity index is 871. The number of carbonyl (C=O) groups is 1. The molecule has 5 heteroatoms. The first-order valence-corrected chi connectivity index (χ1v) is 14.1. The number of nitrogens with one attached hydrogen (secondary N) is 1. The Hall–Kier alpha value is -1.63. The molecule has 1 aromatic heterocycles. The molecule has 1 atom stereocenters. The van der Waals surface area contributed by atoms with E-state index in [1.54, 1.807) is 0 Å². The summed E-state index contributed by atoms with van der Waals surface area (Å²) in [4.78, 5) is 12.8. The normalized spacial score (nSPS) is 11.6. The van der Waals surface area contributed by atoms with Crippen LogP contribution in [0.2, 0.25) is 0 Å². The van der Waals surface area contributed by atoms with E-state index in [0.717, 1.165) is 36.4 Å². The predicted octanol–water partition coefficient (Wildman–Crippen LogP) is 4.88. The molecule has 202 valence electrons. The molecule has 36 heavy (non-hydrogen) atoms. The fraction of sp³-hybridized carbons (Fsp3) is 0.613. The highest BCUT2D eigenvalue weighted by Crippen LogP contribution is 2.26. The van der Waals surface area contributed by atoms with Gasteiger partial charge in [-0.3, -0.25) is 4.79 Å². The van der Waals surface area contributed by atoms with Crippen molar-refractivity contribution in [1.29, 1.82) is 0 Å². The van der Waals surface area contributed by atoms with E-state index in [0.29, 0.717) is 5.69 Å². The summed E-state index contributed by atoms with van der Waals surface area (Å²) in [6.07, 6.45) is 18.1. The number of ether oxygens (including phenoxy) is 1. The summed E-state index contributed by atoms with van der Waals surface area (Å²) in [5.74, 6) is 0.872. The second-order valence-electron chi connectivity index (χ2n) is 9.77. The van der Waals surface area contributed by atoms with E-state index < -0.39 is 0 Å².